The summed E-state index contributed by atoms with van der Waals surface area (Å²) in [6.07, 6.45) is 1.17. The number of fused-ring (bicyclic) bond motifs is 7. The molecule has 200 valence electrons. The van der Waals surface area contributed by atoms with E-state index in [1.165, 1.54) is 73.8 Å². The predicted molar refractivity (Wildman–Crippen MR) is 171 cm³/mol. The molecule has 41 heavy (non-hydrogen) atoms. The van der Waals surface area contributed by atoms with E-state index in [1.807, 2.05) is 0 Å². The Hall–Kier alpha value is -4.40. The number of thiophene rings is 1. The van der Waals surface area contributed by atoms with Crippen molar-refractivity contribution in [3.63, 3.8) is 0 Å². The van der Waals surface area contributed by atoms with Crippen LogP contribution in [0.25, 0.3) is 52.5 Å². The van der Waals surface area contributed by atoms with E-state index >= 15 is 0 Å². The van der Waals surface area contributed by atoms with Crippen LogP contribution in [0.2, 0.25) is 0 Å². The highest BCUT2D eigenvalue weighted by Crippen LogP contribution is 2.44. The zero-order valence-electron chi connectivity index (χ0n) is 21.8. The van der Waals surface area contributed by atoms with Crippen LogP contribution >= 0.6 is 27.3 Å². The van der Waals surface area contributed by atoms with Crippen LogP contribution in [0.4, 0.5) is 11.4 Å². The quantitative estimate of drug-likeness (QED) is 0.0832. The molecule has 0 spiro atoms. The second-order valence-corrected chi connectivity index (χ2v) is 12.3. The third-order valence-electron chi connectivity index (χ3n) is 8.00. The highest BCUT2D eigenvalue weighted by atomic mass is 79.9. The van der Waals surface area contributed by atoms with Crippen molar-refractivity contribution in [2.45, 2.75) is 19.3 Å². The van der Waals surface area contributed by atoms with E-state index in [2.05, 4.69) is 83.5 Å². The molecule has 0 saturated carbocycles. The molecule has 0 N–H and O–H groups in total. The van der Waals surface area contributed by atoms with Gasteiger partial charge in [0, 0.05) is 38.4 Å². The summed E-state index contributed by atoms with van der Waals surface area (Å²) < 4.78 is 1.87. The maximum Gasteiger partial charge on any atom is 0.284 e. The number of rotatable bonds is 2. The van der Waals surface area contributed by atoms with Crippen LogP contribution in [-0.4, -0.2) is 9.85 Å². The van der Waals surface area contributed by atoms with Crippen molar-refractivity contribution in [1.82, 2.24) is 0 Å². The molecule has 6 nitrogen and oxygen atoms in total. The smallest absolute Gasteiger partial charge is 0.258 e. The summed E-state index contributed by atoms with van der Waals surface area (Å²) in [6, 6.07) is 30.2. The van der Waals surface area contributed by atoms with Gasteiger partial charge in [-0.15, -0.1) is 11.3 Å². The van der Waals surface area contributed by atoms with Crippen LogP contribution in [-0.2, 0) is 6.42 Å². The number of nitrogens with zero attached hydrogens (tertiary/aromatic N) is 2. The van der Waals surface area contributed by atoms with E-state index in [4.69, 9.17) is 0 Å². The predicted octanol–water partition coefficient (Wildman–Crippen LogP) is 10.4. The number of nitro benzene ring substituents is 2. The molecule has 1 aliphatic carbocycles. The van der Waals surface area contributed by atoms with Gasteiger partial charge in [0.05, 0.1) is 14.3 Å². The minimum atomic E-state index is -0.462. The number of nitro groups is 2. The van der Waals surface area contributed by atoms with Gasteiger partial charge < -0.3 is 0 Å². The number of benzene rings is 6. The summed E-state index contributed by atoms with van der Waals surface area (Å²) in [5, 5.41) is 31.8. The molecular weight excluding hydrogens is 600 g/mol. The first-order valence-corrected chi connectivity index (χ1v) is 14.7. The normalized spacial score (nSPS) is 14.1. The Bertz CT molecular complexity index is 2240. The summed E-state index contributed by atoms with van der Waals surface area (Å²) in [5.41, 5.74) is 3.07. The number of hydrogen-bond acceptors (Lipinski definition) is 5. The highest BCUT2D eigenvalue weighted by molar-refractivity contribution is 9.10. The summed E-state index contributed by atoms with van der Waals surface area (Å²) in [5.74, 6) is 0.640. The van der Waals surface area contributed by atoms with Gasteiger partial charge >= 0.3 is 0 Å². The van der Waals surface area contributed by atoms with Gasteiger partial charge in [0.1, 0.15) is 0 Å². The lowest BCUT2D eigenvalue weighted by Gasteiger charge is -2.10. The van der Waals surface area contributed by atoms with Crippen molar-refractivity contribution < 1.29 is 9.85 Å². The molecule has 1 aromatic heterocycles. The van der Waals surface area contributed by atoms with E-state index in [-0.39, 0.29) is 11.4 Å². The summed E-state index contributed by atoms with van der Waals surface area (Å²) in [6.45, 7) is 2.35. The third-order valence-corrected chi connectivity index (χ3v) is 9.75. The maximum absolute atomic E-state index is 10.9. The molecule has 1 unspecified atom stereocenters. The average molecular weight is 622 g/mol. The second kappa shape index (κ2) is 9.61. The molecule has 7 aromatic rings. The van der Waals surface area contributed by atoms with E-state index in [9.17, 15) is 20.2 Å². The van der Waals surface area contributed by atoms with Gasteiger partial charge in [-0.3, -0.25) is 20.2 Å². The van der Waals surface area contributed by atoms with Crippen LogP contribution in [0.3, 0.4) is 0 Å². The number of non-ortho nitro benzene ring substituents is 1. The summed E-state index contributed by atoms with van der Waals surface area (Å²) >= 11 is 4.48. The molecule has 8 rings (SSSR count). The van der Waals surface area contributed by atoms with E-state index in [1.54, 1.807) is 17.7 Å². The highest BCUT2D eigenvalue weighted by Gasteiger charge is 2.23. The van der Waals surface area contributed by atoms with Crippen LogP contribution in [0.1, 0.15) is 24.0 Å². The van der Waals surface area contributed by atoms with Crippen LogP contribution in [0.15, 0.2) is 95.5 Å². The van der Waals surface area contributed by atoms with Gasteiger partial charge in [-0.05, 0) is 89.9 Å². The van der Waals surface area contributed by atoms with Crippen molar-refractivity contribution in [2.24, 2.45) is 0 Å². The molecule has 0 fully saturated rings. The first-order chi connectivity index (χ1) is 19.8. The van der Waals surface area contributed by atoms with E-state index < -0.39 is 9.85 Å². The fraction of sp³-hybridized carbons (Fsp3) is 0.0909. The van der Waals surface area contributed by atoms with Crippen molar-refractivity contribution in [2.75, 3.05) is 0 Å². The first-order valence-electron chi connectivity index (χ1n) is 13.1. The standard InChI is InChI=1S/C21H16.C12H5BrN2O4S/c1-13-11-20-18-10-9-14-5-2-3-7-17(14)19(18)12-15-6-4-8-16(13)21(15)20;13-9-4-8-7-2-1-6(14(16)17)3-11(7)20-12(8)5-10(9)15(18)19/h2-10,12-13H,11H2,1H3;1-5H. The molecule has 0 bridgehead atoms. The molecule has 1 aliphatic rings. The molecule has 0 aliphatic heterocycles. The Morgan fingerprint density at radius 1 is 0.732 bits per heavy atom. The zero-order chi connectivity index (χ0) is 28.4. The van der Waals surface area contributed by atoms with E-state index in [0.717, 1.165) is 20.2 Å². The van der Waals surface area contributed by atoms with Gasteiger partial charge in [0.2, 0.25) is 0 Å². The van der Waals surface area contributed by atoms with Crippen molar-refractivity contribution in [3.8, 4) is 0 Å². The molecule has 6 aromatic carbocycles. The molecule has 1 atom stereocenters. The Morgan fingerprint density at radius 2 is 1.49 bits per heavy atom. The number of hydrogen-bond donors (Lipinski definition) is 0. The average Bonchev–Trinajstić information content (AvgIpc) is 3.50. The van der Waals surface area contributed by atoms with Crippen LogP contribution < -0.4 is 0 Å². The maximum atomic E-state index is 10.9. The fourth-order valence-electron chi connectivity index (χ4n) is 6.13. The zero-order valence-corrected chi connectivity index (χ0v) is 24.2. The van der Waals surface area contributed by atoms with Crippen LogP contribution in [0, 0.1) is 20.2 Å². The Balaban J connectivity index is 0.000000135. The molecule has 1 heterocycles. The third kappa shape index (κ3) is 4.13. The van der Waals surface area contributed by atoms with Crippen LogP contribution in [0.5, 0.6) is 0 Å². The lowest BCUT2D eigenvalue weighted by atomic mass is 9.94. The van der Waals surface area contributed by atoms with Crippen molar-refractivity contribution in [1.29, 1.82) is 0 Å². The minimum absolute atomic E-state index is 0.0117. The van der Waals surface area contributed by atoms with Crippen molar-refractivity contribution >= 4 is 91.1 Å². The SMILES string of the molecule is CC1Cc2c3ccc4ccccc4c3cc3cccc1c23.O=[N+]([O-])c1ccc2c(c1)sc1cc([N+](=O)[O-])c(Br)cc12. The second-order valence-electron chi connectivity index (χ2n) is 10.4. The minimum Gasteiger partial charge on any atom is -0.258 e. The van der Waals surface area contributed by atoms with Gasteiger partial charge in [0.15, 0.2) is 0 Å². The topological polar surface area (TPSA) is 86.3 Å². The Morgan fingerprint density at radius 3 is 2.29 bits per heavy atom. The Labute approximate surface area is 246 Å². The van der Waals surface area contributed by atoms with Gasteiger partial charge in [-0.2, -0.15) is 0 Å². The van der Waals surface area contributed by atoms with Gasteiger partial charge in [-0.25, -0.2) is 0 Å². The van der Waals surface area contributed by atoms with Gasteiger partial charge in [-0.1, -0.05) is 61.5 Å². The summed E-state index contributed by atoms with van der Waals surface area (Å²) in [4.78, 5) is 20.8. The lowest BCUT2D eigenvalue weighted by Crippen LogP contribution is -1.88. The molecule has 0 radical (unpaired) electrons. The van der Waals surface area contributed by atoms with E-state index in [0.29, 0.717) is 10.4 Å². The summed E-state index contributed by atoms with van der Waals surface area (Å²) in [7, 11) is 0. The molecule has 0 amide bonds. The van der Waals surface area contributed by atoms with Gasteiger partial charge in [0.25, 0.3) is 11.4 Å². The molecule has 8 heteroatoms. The largest absolute Gasteiger partial charge is 0.284 e. The van der Waals surface area contributed by atoms with Crippen molar-refractivity contribution in [3.05, 3.63) is 127 Å². The lowest BCUT2D eigenvalue weighted by molar-refractivity contribution is -0.385. The first kappa shape index (κ1) is 25.6. The Kier molecular flexibility index (Phi) is 5.99. The monoisotopic (exact) mass is 620 g/mol. The number of halogens is 1. The molecular formula is C33H21BrN2O4S. The fourth-order valence-corrected chi connectivity index (χ4v) is 7.77. The molecule has 0 saturated heterocycles.